The lowest BCUT2D eigenvalue weighted by molar-refractivity contribution is 0.369. The highest BCUT2D eigenvalue weighted by Crippen LogP contribution is 2.39. The van der Waals surface area contributed by atoms with Gasteiger partial charge < -0.3 is 5.73 Å². The molecule has 1 saturated carbocycles. The number of aromatic nitrogens is 1. The normalized spacial score (nSPS) is 26.7. The first-order valence-electron chi connectivity index (χ1n) is 8.36. The molecule has 3 rings (SSSR count). The van der Waals surface area contributed by atoms with Crippen LogP contribution in [0.25, 0.3) is 10.9 Å². The molecule has 2 N–H and O–H groups in total. The van der Waals surface area contributed by atoms with Gasteiger partial charge in [0.2, 0.25) is 0 Å². The molecule has 1 fully saturated rings. The number of pyridine rings is 1. The molecule has 2 unspecified atom stereocenters. The van der Waals surface area contributed by atoms with Crippen LogP contribution in [0.1, 0.15) is 57.4 Å². The molecule has 0 aliphatic heterocycles. The Labute approximate surface area is 127 Å². The lowest BCUT2D eigenvalue weighted by Crippen LogP contribution is -2.36. The summed E-state index contributed by atoms with van der Waals surface area (Å²) in [6.45, 7) is 2.29. The van der Waals surface area contributed by atoms with E-state index in [0.717, 1.165) is 24.3 Å². The zero-order valence-electron chi connectivity index (χ0n) is 13.0. The van der Waals surface area contributed by atoms with Crippen molar-refractivity contribution in [1.82, 2.24) is 4.98 Å². The second kappa shape index (κ2) is 6.15. The molecule has 1 aliphatic carbocycles. The fourth-order valence-electron chi connectivity index (χ4n) is 3.94. The van der Waals surface area contributed by atoms with E-state index in [4.69, 9.17) is 5.73 Å². The highest BCUT2D eigenvalue weighted by Gasteiger charge is 2.32. The van der Waals surface area contributed by atoms with E-state index >= 15 is 0 Å². The molecule has 0 amide bonds. The molecular formula is C19H26N2. The summed E-state index contributed by atoms with van der Waals surface area (Å²) in [5.74, 6) is 0.869. The molecule has 1 heterocycles. The molecule has 2 atom stereocenters. The van der Waals surface area contributed by atoms with Crippen molar-refractivity contribution in [3.63, 3.8) is 0 Å². The average molecular weight is 282 g/mol. The molecule has 0 bridgehead atoms. The fraction of sp³-hybridized carbons (Fsp3) is 0.526. The maximum absolute atomic E-state index is 6.88. The van der Waals surface area contributed by atoms with Crippen LogP contribution in [0.5, 0.6) is 0 Å². The minimum Gasteiger partial charge on any atom is -0.321 e. The van der Waals surface area contributed by atoms with Gasteiger partial charge in [-0.2, -0.15) is 0 Å². The number of hydrogen-bond donors (Lipinski definition) is 1. The predicted octanol–water partition coefficient (Wildman–Crippen LogP) is 4.77. The summed E-state index contributed by atoms with van der Waals surface area (Å²) in [5.41, 5.74) is 9.06. The molecule has 0 spiro atoms. The third-order valence-electron chi connectivity index (χ3n) is 5.11. The Kier molecular flexibility index (Phi) is 4.25. The molecule has 0 radical (unpaired) electrons. The van der Waals surface area contributed by atoms with E-state index in [1.807, 2.05) is 12.3 Å². The lowest BCUT2D eigenvalue weighted by Gasteiger charge is -2.30. The van der Waals surface area contributed by atoms with Crippen molar-refractivity contribution in [3.8, 4) is 0 Å². The topological polar surface area (TPSA) is 38.9 Å². The van der Waals surface area contributed by atoms with Crippen molar-refractivity contribution in [1.29, 1.82) is 0 Å². The van der Waals surface area contributed by atoms with Crippen LogP contribution in [0.15, 0.2) is 36.5 Å². The van der Waals surface area contributed by atoms with Gasteiger partial charge in [-0.05, 0) is 42.9 Å². The molecule has 112 valence electrons. The Balaban J connectivity index is 1.93. The quantitative estimate of drug-likeness (QED) is 0.824. The SMILES string of the molecule is CCCC1CCCC(N)(c2cccc3ncccc23)CC1. The van der Waals surface area contributed by atoms with E-state index in [1.54, 1.807) is 0 Å². The Hall–Kier alpha value is -1.41. The van der Waals surface area contributed by atoms with Gasteiger partial charge in [-0.1, -0.05) is 50.8 Å². The number of nitrogens with zero attached hydrogens (tertiary/aromatic N) is 1. The number of rotatable bonds is 3. The molecule has 0 saturated heterocycles. The third kappa shape index (κ3) is 2.96. The van der Waals surface area contributed by atoms with Crippen LogP contribution in [-0.4, -0.2) is 4.98 Å². The van der Waals surface area contributed by atoms with Crippen molar-refractivity contribution in [2.75, 3.05) is 0 Å². The van der Waals surface area contributed by atoms with E-state index in [1.165, 1.54) is 43.1 Å². The van der Waals surface area contributed by atoms with Crippen molar-refractivity contribution >= 4 is 10.9 Å². The Morgan fingerprint density at radius 2 is 2.10 bits per heavy atom. The first-order valence-corrected chi connectivity index (χ1v) is 8.36. The van der Waals surface area contributed by atoms with E-state index in [2.05, 4.69) is 36.2 Å². The molecule has 21 heavy (non-hydrogen) atoms. The highest BCUT2D eigenvalue weighted by atomic mass is 14.8. The predicted molar refractivity (Wildman–Crippen MR) is 89.1 cm³/mol. The van der Waals surface area contributed by atoms with Crippen LogP contribution in [-0.2, 0) is 5.54 Å². The maximum atomic E-state index is 6.88. The van der Waals surface area contributed by atoms with Gasteiger partial charge in [0.1, 0.15) is 0 Å². The Bertz CT molecular complexity index is 602. The van der Waals surface area contributed by atoms with E-state index in [0.29, 0.717) is 0 Å². The van der Waals surface area contributed by atoms with Crippen molar-refractivity contribution < 1.29 is 0 Å². The Morgan fingerprint density at radius 3 is 2.95 bits per heavy atom. The summed E-state index contributed by atoms with van der Waals surface area (Å²) in [7, 11) is 0. The summed E-state index contributed by atoms with van der Waals surface area (Å²) < 4.78 is 0. The van der Waals surface area contributed by atoms with Crippen molar-refractivity contribution in [3.05, 3.63) is 42.1 Å². The van der Waals surface area contributed by atoms with Gasteiger partial charge >= 0.3 is 0 Å². The standard InChI is InChI=1S/C19H26N2/c1-2-6-15-7-4-12-19(20,13-11-15)17-9-3-10-18-16(17)8-5-14-21-18/h3,5,8-10,14-15H,2,4,6-7,11-13,20H2,1H3. The summed E-state index contributed by atoms with van der Waals surface area (Å²) >= 11 is 0. The summed E-state index contributed by atoms with van der Waals surface area (Å²) in [6.07, 6.45) is 10.6. The van der Waals surface area contributed by atoms with Gasteiger partial charge in [-0.3, -0.25) is 4.98 Å². The van der Waals surface area contributed by atoms with Gasteiger partial charge in [-0.15, -0.1) is 0 Å². The van der Waals surface area contributed by atoms with Crippen LogP contribution in [0.3, 0.4) is 0 Å². The van der Waals surface area contributed by atoms with Gasteiger partial charge in [0.25, 0.3) is 0 Å². The van der Waals surface area contributed by atoms with Crippen LogP contribution in [0, 0.1) is 5.92 Å². The van der Waals surface area contributed by atoms with E-state index in [9.17, 15) is 0 Å². The largest absolute Gasteiger partial charge is 0.321 e. The zero-order valence-corrected chi connectivity index (χ0v) is 13.0. The fourth-order valence-corrected chi connectivity index (χ4v) is 3.94. The Morgan fingerprint density at radius 1 is 1.19 bits per heavy atom. The summed E-state index contributed by atoms with van der Waals surface area (Å²) in [4.78, 5) is 4.48. The highest BCUT2D eigenvalue weighted by molar-refractivity contribution is 5.83. The third-order valence-corrected chi connectivity index (χ3v) is 5.11. The minimum atomic E-state index is -0.176. The molecule has 1 aliphatic rings. The van der Waals surface area contributed by atoms with Crippen molar-refractivity contribution in [2.24, 2.45) is 11.7 Å². The van der Waals surface area contributed by atoms with E-state index < -0.39 is 0 Å². The molecule has 2 aromatic rings. The minimum absolute atomic E-state index is 0.176. The van der Waals surface area contributed by atoms with Crippen molar-refractivity contribution in [2.45, 2.75) is 57.4 Å². The smallest absolute Gasteiger partial charge is 0.0705 e. The maximum Gasteiger partial charge on any atom is 0.0705 e. The second-order valence-electron chi connectivity index (χ2n) is 6.62. The molecule has 2 nitrogen and oxygen atoms in total. The van der Waals surface area contributed by atoms with Gasteiger partial charge in [0, 0.05) is 17.1 Å². The monoisotopic (exact) mass is 282 g/mol. The number of fused-ring (bicyclic) bond motifs is 1. The lowest BCUT2D eigenvalue weighted by atomic mass is 9.81. The number of nitrogens with two attached hydrogens (primary N) is 1. The molecule has 1 aromatic heterocycles. The van der Waals surface area contributed by atoms with Gasteiger partial charge in [0.15, 0.2) is 0 Å². The molecule has 2 heteroatoms. The number of benzene rings is 1. The van der Waals surface area contributed by atoms with Gasteiger partial charge in [-0.25, -0.2) is 0 Å². The molecular weight excluding hydrogens is 256 g/mol. The van der Waals surface area contributed by atoms with Crippen LogP contribution >= 0.6 is 0 Å². The van der Waals surface area contributed by atoms with E-state index in [-0.39, 0.29) is 5.54 Å². The molecule has 1 aromatic carbocycles. The first-order chi connectivity index (χ1) is 10.2. The van der Waals surface area contributed by atoms with Crippen LogP contribution < -0.4 is 5.73 Å². The second-order valence-corrected chi connectivity index (χ2v) is 6.62. The zero-order chi connectivity index (χ0) is 14.7. The first kappa shape index (κ1) is 14.5. The summed E-state index contributed by atoms with van der Waals surface area (Å²) in [6, 6.07) is 10.6. The average Bonchev–Trinajstić information content (AvgIpc) is 2.70. The number of hydrogen-bond acceptors (Lipinski definition) is 2. The summed E-state index contributed by atoms with van der Waals surface area (Å²) in [5, 5.41) is 1.23. The van der Waals surface area contributed by atoms with Crippen LogP contribution in [0.4, 0.5) is 0 Å². The van der Waals surface area contributed by atoms with Gasteiger partial charge in [0.05, 0.1) is 5.52 Å². The van der Waals surface area contributed by atoms with Crippen LogP contribution in [0.2, 0.25) is 0 Å².